The molecule has 0 radical (unpaired) electrons. The molecule has 6 nitrogen and oxygen atoms in total. The molecule has 0 saturated carbocycles. The van der Waals surface area contributed by atoms with E-state index in [4.69, 9.17) is 9.97 Å². The molecule has 180 valence electrons. The van der Waals surface area contributed by atoms with Gasteiger partial charge in [0, 0.05) is 31.4 Å². The molecule has 3 heterocycles. The Hall–Kier alpha value is -3.09. The van der Waals surface area contributed by atoms with E-state index in [2.05, 4.69) is 51.9 Å². The van der Waals surface area contributed by atoms with E-state index in [9.17, 15) is 4.79 Å². The van der Waals surface area contributed by atoms with Gasteiger partial charge in [-0.1, -0.05) is 30.3 Å². The van der Waals surface area contributed by atoms with Crippen LogP contribution in [0.1, 0.15) is 59.8 Å². The van der Waals surface area contributed by atoms with Gasteiger partial charge in [0.1, 0.15) is 0 Å². The smallest absolute Gasteiger partial charge is 0.234 e. The van der Waals surface area contributed by atoms with Gasteiger partial charge in [-0.05, 0) is 85.1 Å². The molecule has 1 saturated heterocycles. The molecule has 1 aromatic carbocycles. The summed E-state index contributed by atoms with van der Waals surface area (Å²) in [5, 5.41) is 6.68. The van der Waals surface area contributed by atoms with Crippen molar-refractivity contribution in [2.75, 3.05) is 19.6 Å². The molecule has 1 atom stereocenters. The number of fused-ring (bicyclic) bond motifs is 4. The normalized spacial score (nSPS) is 19.2. The molecule has 0 unspecified atom stereocenters. The van der Waals surface area contributed by atoms with Crippen molar-refractivity contribution in [3.8, 4) is 11.1 Å². The average molecular weight is 468 g/mol. The van der Waals surface area contributed by atoms with Crippen LogP contribution in [0.4, 0.5) is 0 Å². The summed E-state index contributed by atoms with van der Waals surface area (Å²) in [7, 11) is 0. The molecule has 6 heteroatoms. The number of benzene rings is 1. The highest BCUT2D eigenvalue weighted by Crippen LogP contribution is 2.39. The SMILES string of the molecule is O=C(CN(Cc1nccc2c1Cc1ccccc1-2)[C@H]1CCCc2cccnc21)NC1CCNCC1. The second-order valence-electron chi connectivity index (χ2n) is 10.1. The van der Waals surface area contributed by atoms with E-state index in [0.717, 1.165) is 63.0 Å². The van der Waals surface area contributed by atoms with Gasteiger partial charge in [-0.25, -0.2) is 0 Å². The van der Waals surface area contributed by atoms with Crippen LogP contribution in [-0.2, 0) is 24.2 Å². The minimum absolute atomic E-state index is 0.107. The second-order valence-corrected chi connectivity index (χ2v) is 10.1. The molecule has 2 aromatic heterocycles. The van der Waals surface area contributed by atoms with Crippen LogP contribution in [0, 0.1) is 0 Å². The fourth-order valence-electron chi connectivity index (χ4n) is 6.08. The first-order valence-electron chi connectivity index (χ1n) is 13.0. The summed E-state index contributed by atoms with van der Waals surface area (Å²) in [5.74, 6) is 0.107. The first-order valence-corrected chi connectivity index (χ1v) is 13.0. The maximum absolute atomic E-state index is 13.3. The molecule has 3 aromatic rings. The molecule has 6 rings (SSSR count). The van der Waals surface area contributed by atoms with Gasteiger partial charge in [0.25, 0.3) is 0 Å². The van der Waals surface area contributed by atoms with Gasteiger partial charge in [0.15, 0.2) is 0 Å². The van der Waals surface area contributed by atoms with E-state index in [-0.39, 0.29) is 18.0 Å². The Morgan fingerprint density at radius 3 is 2.74 bits per heavy atom. The second kappa shape index (κ2) is 9.88. The van der Waals surface area contributed by atoms with Crippen LogP contribution in [0.3, 0.4) is 0 Å². The topological polar surface area (TPSA) is 70.2 Å². The van der Waals surface area contributed by atoms with Crippen molar-refractivity contribution >= 4 is 5.91 Å². The van der Waals surface area contributed by atoms with Gasteiger partial charge < -0.3 is 10.6 Å². The number of piperidine rings is 1. The standard InChI is InChI=1S/C29H33N5O/c35-28(33-22-10-14-30-15-11-22)19-34(27-9-3-6-20-7-4-13-32-29(20)27)18-26-25-17-21-5-1-2-8-23(21)24(25)12-16-31-26/h1-2,4-5,7-8,12-13,16,22,27,30H,3,6,9-11,14-15,17-19H2,(H,33,35)/t27-/m0/s1. The molecule has 1 aliphatic heterocycles. The molecule has 2 aliphatic carbocycles. The number of aromatic nitrogens is 2. The Balaban J connectivity index is 1.29. The van der Waals surface area contributed by atoms with Gasteiger partial charge in [-0.3, -0.25) is 19.7 Å². The minimum atomic E-state index is 0.107. The van der Waals surface area contributed by atoms with Gasteiger partial charge in [0.2, 0.25) is 5.91 Å². The van der Waals surface area contributed by atoms with Crippen LogP contribution in [0.5, 0.6) is 0 Å². The number of pyridine rings is 2. The van der Waals surface area contributed by atoms with Crippen molar-refractivity contribution < 1.29 is 4.79 Å². The summed E-state index contributed by atoms with van der Waals surface area (Å²) in [6, 6.07) is 15.4. The van der Waals surface area contributed by atoms with Gasteiger partial charge in [0.05, 0.1) is 24.0 Å². The van der Waals surface area contributed by atoms with E-state index >= 15 is 0 Å². The van der Waals surface area contributed by atoms with Gasteiger partial charge in [-0.2, -0.15) is 0 Å². The van der Waals surface area contributed by atoms with Crippen molar-refractivity contribution in [3.63, 3.8) is 0 Å². The fourth-order valence-corrected chi connectivity index (χ4v) is 6.08. The van der Waals surface area contributed by atoms with Crippen LogP contribution >= 0.6 is 0 Å². The number of aryl methyl sites for hydroxylation is 1. The Morgan fingerprint density at radius 2 is 1.83 bits per heavy atom. The highest BCUT2D eigenvalue weighted by Gasteiger charge is 2.31. The largest absolute Gasteiger partial charge is 0.352 e. The van der Waals surface area contributed by atoms with E-state index in [1.165, 1.54) is 27.8 Å². The third-order valence-electron chi connectivity index (χ3n) is 7.83. The summed E-state index contributed by atoms with van der Waals surface area (Å²) >= 11 is 0. The maximum atomic E-state index is 13.3. The Morgan fingerprint density at radius 1 is 0.971 bits per heavy atom. The Kier molecular flexibility index (Phi) is 6.32. The monoisotopic (exact) mass is 467 g/mol. The lowest BCUT2D eigenvalue weighted by Gasteiger charge is -2.35. The van der Waals surface area contributed by atoms with Crippen molar-refractivity contribution in [1.29, 1.82) is 0 Å². The van der Waals surface area contributed by atoms with E-state index < -0.39 is 0 Å². The Labute approximate surface area is 207 Å². The molecule has 2 N–H and O–H groups in total. The number of carbonyl (C=O) groups is 1. The zero-order valence-electron chi connectivity index (χ0n) is 20.2. The summed E-state index contributed by atoms with van der Waals surface area (Å²) in [5.41, 5.74) is 8.77. The van der Waals surface area contributed by atoms with Crippen LogP contribution in [0.15, 0.2) is 54.9 Å². The lowest BCUT2D eigenvalue weighted by atomic mass is 9.90. The molecule has 0 bridgehead atoms. The average Bonchev–Trinajstić information content (AvgIpc) is 3.28. The molecule has 1 amide bonds. The molecule has 35 heavy (non-hydrogen) atoms. The lowest BCUT2D eigenvalue weighted by Crippen LogP contribution is -2.47. The maximum Gasteiger partial charge on any atom is 0.234 e. The Bertz CT molecular complexity index is 1220. The number of nitrogens with zero attached hydrogens (tertiary/aromatic N) is 3. The predicted octanol–water partition coefficient (Wildman–Crippen LogP) is 3.80. The number of hydrogen-bond donors (Lipinski definition) is 2. The van der Waals surface area contributed by atoms with Crippen LogP contribution in [0.2, 0.25) is 0 Å². The summed E-state index contributed by atoms with van der Waals surface area (Å²) in [6.45, 7) is 2.95. The molecule has 1 fully saturated rings. The van der Waals surface area contributed by atoms with Crippen LogP contribution < -0.4 is 10.6 Å². The summed E-state index contributed by atoms with van der Waals surface area (Å²) < 4.78 is 0. The first kappa shape index (κ1) is 22.4. The van der Waals surface area contributed by atoms with Crippen molar-refractivity contribution in [2.24, 2.45) is 0 Å². The zero-order valence-corrected chi connectivity index (χ0v) is 20.2. The summed E-state index contributed by atoms with van der Waals surface area (Å²) in [6.07, 6.45) is 9.89. The van der Waals surface area contributed by atoms with E-state index in [1.54, 1.807) is 0 Å². The van der Waals surface area contributed by atoms with Gasteiger partial charge in [-0.15, -0.1) is 0 Å². The zero-order chi connectivity index (χ0) is 23.6. The van der Waals surface area contributed by atoms with Crippen molar-refractivity contribution in [1.82, 2.24) is 25.5 Å². The van der Waals surface area contributed by atoms with Crippen LogP contribution in [-0.4, -0.2) is 46.5 Å². The molecule has 0 spiro atoms. The lowest BCUT2D eigenvalue weighted by molar-refractivity contribution is -0.124. The number of rotatable bonds is 6. The number of nitrogens with one attached hydrogen (secondary N) is 2. The highest BCUT2D eigenvalue weighted by atomic mass is 16.2. The highest BCUT2D eigenvalue weighted by molar-refractivity contribution is 5.79. The third-order valence-corrected chi connectivity index (χ3v) is 7.83. The quantitative estimate of drug-likeness (QED) is 0.452. The van der Waals surface area contributed by atoms with E-state index in [1.807, 2.05) is 18.5 Å². The van der Waals surface area contributed by atoms with E-state index in [0.29, 0.717) is 13.1 Å². The first-order chi connectivity index (χ1) is 17.3. The third kappa shape index (κ3) is 4.60. The fraction of sp³-hybridized carbons (Fsp3) is 0.414. The summed E-state index contributed by atoms with van der Waals surface area (Å²) in [4.78, 5) is 25.2. The molecule has 3 aliphatic rings. The number of carbonyl (C=O) groups excluding carboxylic acids is 1. The number of amides is 1. The van der Waals surface area contributed by atoms with Crippen molar-refractivity contribution in [3.05, 3.63) is 82.9 Å². The molecular formula is C29H33N5O. The van der Waals surface area contributed by atoms with Crippen molar-refractivity contribution in [2.45, 2.75) is 57.2 Å². The van der Waals surface area contributed by atoms with Crippen LogP contribution in [0.25, 0.3) is 11.1 Å². The minimum Gasteiger partial charge on any atom is -0.352 e. The molecular weight excluding hydrogens is 434 g/mol. The van der Waals surface area contributed by atoms with Gasteiger partial charge >= 0.3 is 0 Å². The predicted molar refractivity (Wildman–Crippen MR) is 137 cm³/mol. The number of hydrogen-bond acceptors (Lipinski definition) is 5.